The molecule has 1 amide bonds. The summed E-state index contributed by atoms with van der Waals surface area (Å²) in [5.41, 5.74) is 1.71. The lowest BCUT2D eigenvalue weighted by atomic mass is 9.77. The van der Waals surface area contributed by atoms with Crippen LogP contribution < -0.4 is 5.32 Å². The molecule has 9 rings (SSSR count). The highest BCUT2D eigenvalue weighted by molar-refractivity contribution is 5.89. The number of hydrogen-bond acceptors (Lipinski definition) is 18. The molecule has 23 heteroatoms. The number of fused-ring (bicyclic) bond motifs is 6. The Balaban J connectivity index is 0.915. The zero-order chi connectivity index (χ0) is 51.3. The van der Waals surface area contributed by atoms with Gasteiger partial charge in [-0.1, -0.05) is 62.4 Å². The van der Waals surface area contributed by atoms with Gasteiger partial charge in [-0.2, -0.15) is 0 Å². The largest absolute Gasteiger partial charge is 0.479 e. The van der Waals surface area contributed by atoms with Gasteiger partial charge in [0.1, 0.15) is 36.6 Å². The molecule has 396 valence electrons. The number of carbonyl (C=O) groups excluding carboxylic acids is 2. The highest BCUT2D eigenvalue weighted by Crippen LogP contribution is 2.40. The Kier molecular flexibility index (Phi) is 16.8. The van der Waals surface area contributed by atoms with Crippen LogP contribution >= 0.6 is 0 Å². The molecule has 9 unspecified atom stereocenters. The van der Waals surface area contributed by atoms with E-state index in [9.17, 15) is 50.0 Å². The van der Waals surface area contributed by atoms with Crippen LogP contribution in [0.15, 0.2) is 67.0 Å². The Morgan fingerprint density at radius 3 is 2.41 bits per heavy atom. The second kappa shape index (κ2) is 23.4. The van der Waals surface area contributed by atoms with Crippen LogP contribution in [-0.2, 0) is 62.3 Å². The highest BCUT2D eigenvalue weighted by atomic mass is 16.8. The maximum Gasteiger partial charge on any atom is 0.338 e. The SMILES string of the molecule is CC1CC(C(=O)NCCc2cn(CCCn3ccc4cc([N+](=O)[O-])ccc43)nn2)C[C@H]2O[C@@H]3OC(COC4O[C@@H](OC12)C(O)C(O)[C@@H]4O)[C@H](O)C(O[C@@H](CC1CCCCC1)C(=O)O)C3OC(=O)c1ccccc1. The average Bonchev–Trinajstić information content (AvgIpc) is 4.02. The Labute approximate surface area is 419 Å². The van der Waals surface area contributed by atoms with E-state index in [0.29, 0.717) is 31.6 Å². The van der Waals surface area contributed by atoms with Crippen molar-refractivity contribution in [3.8, 4) is 0 Å². The molecule has 2 aromatic heterocycles. The van der Waals surface area contributed by atoms with Crippen LogP contribution in [0.4, 0.5) is 5.69 Å². The van der Waals surface area contributed by atoms with Gasteiger partial charge in [-0.15, -0.1) is 5.10 Å². The molecule has 0 radical (unpaired) electrons. The van der Waals surface area contributed by atoms with E-state index in [0.717, 1.165) is 43.0 Å². The highest BCUT2D eigenvalue weighted by Gasteiger charge is 2.55. The maximum atomic E-state index is 14.1. The summed E-state index contributed by atoms with van der Waals surface area (Å²) in [4.78, 5) is 51.7. The maximum absolute atomic E-state index is 14.1. The van der Waals surface area contributed by atoms with Crippen LogP contribution in [0.1, 0.15) is 80.8 Å². The number of ether oxygens (including phenoxy) is 7. The van der Waals surface area contributed by atoms with Gasteiger partial charge in [0.05, 0.1) is 35.0 Å². The van der Waals surface area contributed by atoms with Gasteiger partial charge in [-0.25, -0.2) is 9.59 Å². The molecule has 2 aromatic carbocycles. The smallest absolute Gasteiger partial charge is 0.338 e. The summed E-state index contributed by atoms with van der Waals surface area (Å²) in [6.45, 7) is 2.68. The van der Waals surface area contributed by atoms with Crippen molar-refractivity contribution in [3.63, 3.8) is 0 Å². The number of carboxylic acids is 1. The normalized spacial score (nSPS) is 32.3. The Morgan fingerprint density at radius 2 is 1.64 bits per heavy atom. The molecule has 73 heavy (non-hydrogen) atoms. The van der Waals surface area contributed by atoms with Gasteiger partial charge in [0, 0.05) is 67.4 Å². The number of nitro benzene ring substituents is 1. The third-order valence-electron chi connectivity index (χ3n) is 14.8. The predicted molar refractivity (Wildman–Crippen MR) is 252 cm³/mol. The second-order valence-corrected chi connectivity index (χ2v) is 19.9. The number of nitro groups is 1. The van der Waals surface area contributed by atoms with Crippen LogP contribution in [-0.4, -0.2) is 161 Å². The van der Waals surface area contributed by atoms with Gasteiger partial charge in [0.15, 0.2) is 31.1 Å². The minimum atomic E-state index is -1.79. The molecule has 2 saturated carbocycles. The fraction of sp³-hybridized carbons (Fsp3) is 0.620. The zero-order valence-corrected chi connectivity index (χ0v) is 40.4. The van der Waals surface area contributed by atoms with E-state index in [-0.39, 0.29) is 48.9 Å². The monoisotopic (exact) mass is 1020 g/mol. The molecular formula is C50H64N6O17. The van der Waals surface area contributed by atoms with Crippen molar-refractivity contribution in [2.75, 3.05) is 13.2 Å². The number of aryl methyl sites for hydroxylation is 2. The summed E-state index contributed by atoms with van der Waals surface area (Å²) in [6.07, 6.45) is -10.1. The van der Waals surface area contributed by atoms with E-state index in [1.54, 1.807) is 48.1 Å². The van der Waals surface area contributed by atoms with Crippen LogP contribution in [0.5, 0.6) is 0 Å². The molecule has 23 nitrogen and oxygen atoms in total. The zero-order valence-electron chi connectivity index (χ0n) is 40.4. The standard InChI is InChI=1S/C50H64N6O17/c1-27-21-31(45(61)51-17-15-32-25-55(53-52-32)19-8-18-54-20-16-30-23-33(56(65)66)13-14-34(30)54)24-35-42(27)72-49-41(60)39(58)40(59)48(73-49)67-26-37-38(57)43(68-36(46(62)63)22-28-9-4-2-5-10-28)44(50(69-35)70-37)71-47(64)29-11-6-3-7-12-29/h3,6-7,11-14,16,20,23,25,27-28,31,35-44,48-50,57-60H,2,4-5,8-10,15,17-19,21-22,24,26H2,1H3,(H,51,61)(H,62,63)/t27?,31?,35-,36+,37?,38+,39?,40+,41?,42?,43?,44?,48?,49-,50-/m1/s1. The van der Waals surface area contributed by atoms with Gasteiger partial charge in [0.2, 0.25) is 5.91 Å². The summed E-state index contributed by atoms with van der Waals surface area (Å²) >= 11 is 0. The lowest BCUT2D eigenvalue weighted by Gasteiger charge is -2.49. The van der Waals surface area contributed by atoms with E-state index >= 15 is 0 Å². The molecule has 4 bridgehead atoms. The van der Waals surface area contributed by atoms with E-state index in [1.165, 1.54) is 18.2 Å². The molecule has 15 atom stereocenters. The van der Waals surface area contributed by atoms with E-state index in [4.69, 9.17) is 33.2 Å². The van der Waals surface area contributed by atoms with E-state index in [1.807, 2.05) is 16.8 Å². The number of aliphatic hydroxyl groups excluding tert-OH is 4. The van der Waals surface area contributed by atoms with Gasteiger partial charge >= 0.3 is 11.9 Å². The number of hydrogen-bond donors (Lipinski definition) is 6. The number of rotatable bonds is 16. The van der Waals surface area contributed by atoms with Gasteiger partial charge < -0.3 is 68.6 Å². The number of aromatic nitrogens is 4. The number of benzene rings is 2. The molecule has 4 aromatic rings. The van der Waals surface area contributed by atoms with Crippen LogP contribution in [0.3, 0.4) is 0 Å². The number of amides is 1. The number of nitrogens with zero attached hydrogens (tertiary/aromatic N) is 5. The third kappa shape index (κ3) is 12.2. The number of carboxylic acid groups (broad SMARTS) is 1. The predicted octanol–water partition coefficient (Wildman–Crippen LogP) is 2.62. The van der Waals surface area contributed by atoms with Crippen molar-refractivity contribution in [3.05, 3.63) is 88.4 Å². The Morgan fingerprint density at radius 1 is 0.877 bits per heavy atom. The van der Waals surface area contributed by atoms with Gasteiger partial charge in [0.25, 0.3) is 5.69 Å². The van der Waals surface area contributed by atoms with Crippen molar-refractivity contribution in [1.29, 1.82) is 0 Å². The van der Waals surface area contributed by atoms with Gasteiger partial charge in [-0.3, -0.25) is 19.6 Å². The number of nitrogens with one attached hydrogen (secondary N) is 1. The lowest BCUT2D eigenvalue weighted by Crippen LogP contribution is -2.66. The number of carbonyl (C=O) groups is 3. The van der Waals surface area contributed by atoms with Gasteiger partial charge in [-0.05, 0) is 61.8 Å². The molecular weight excluding hydrogens is 957 g/mol. The minimum absolute atomic E-state index is 0.00406. The first-order valence-electron chi connectivity index (χ1n) is 25.2. The molecule has 2 aliphatic carbocycles. The number of non-ortho nitro benzene ring substituents is 1. The van der Waals surface area contributed by atoms with Crippen LogP contribution in [0.2, 0.25) is 0 Å². The van der Waals surface area contributed by atoms with Crippen molar-refractivity contribution in [2.45, 2.75) is 164 Å². The summed E-state index contributed by atoms with van der Waals surface area (Å²) in [6, 6.07) is 14.6. The summed E-state index contributed by atoms with van der Waals surface area (Å²) in [5, 5.41) is 79.1. The van der Waals surface area contributed by atoms with E-state index < -0.39 is 115 Å². The Bertz CT molecular complexity index is 2520. The topological polar surface area (TPSA) is 308 Å². The average molecular weight is 1020 g/mol. The fourth-order valence-electron chi connectivity index (χ4n) is 10.8. The number of aliphatic carboxylic acids is 1. The summed E-state index contributed by atoms with van der Waals surface area (Å²) in [7, 11) is 0. The molecule has 3 saturated heterocycles. The van der Waals surface area contributed by atoms with Crippen molar-refractivity contribution >= 4 is 34.4 Å². The molecule has 5 heterocycles. The molecule has 5 fully saturated rings. The summed E-state index contributed by atoms with van der Waals surface area (Å²) < 4.78 is 47.5. The number of aliphatic hydroxyl groups is 4. The fourth-order valence-corrected chi connectivity index (χ4v) is 10.8. The van der Waals surface area contributed by atoms with Crippen molar-refractivity contribution in [1.82, 2.24) is 24.9 Å². The minimum Gasteiger partial charge on any atom is -0.479 e. The van der Waals surface area contributed by atoms with Crippen LogP contribution in [0.25, 0.3) is 10.9 Å². The first-order chi connectivity index (χ1) is 35.2. The van der Waals surface area contributed by atoms with Crippen molar-refractivity contribution < 1.29 is 78.0 Å². The first-order valence-corrected chi connectivity index (χ1v) is 25.2. The molecule has 5 aliphatic rings. The molecule has 0 spiro atoms. The third-order valence-corrected chi connectivity index (χ3v) is 14.8. The lowest BCUT2D eigenvalue weighted by molar-refractivity contribution is -0.391. The molecule has 3 aliphatic heterocycles. The second-order valence-electron chi connectivity index (χ2n) is 19.9. The van der Waals surface area contributed by atoms with Crippen molar-refractivity contribution in [2.24, 2.45) is 17.8 Å². The first kappa shape index (κ1) is 52.4. The molecule has 6 N–H and O–H groups in total. The van der Waals surface area contributed by atoms with Crippen LogP contribution in [0, 0.1) is 27.9 Å². The Hall–Kier alpha value is -5.47. The number of esters is 1. The quantitative estimate of drug-likeness (QED) is 0.0534. The van der Waals surface area contributed by atoms with E-state index in [2.05, 4.69) is 15.6 Å². The summed E-state index contributed by atoms with van der Waals surface area (Å²) in [5.74, 6) is -3.59.